The van der Waals surface area contributed by atoms with Crippen LogP contribution in [0.15, 0.2) is 0 Å². The van der Waals surface area contributed by atoms with E-state index in [-0.39, 0.29) is 0 Å². The van der Waals surface area contributed by atoms with Crippen LogP contribution < -0.4 is 16.0 Å². The van der Waals surface area contributed by atoms with Gasteiger partial charge >= 0.3 is 0 Å². The second kappa shape index (κ2) is 24.2. The van der Waals surface area contributed by atoms with Gasteiger partial charge in [0.15, 0.2) is 37.1 Å². The third kappa shape index (κ3) is 11.8. The minimum Gasteiger partial charge on any atom is -0.394 e. The summed E-state index contributed by atoms with van der Waals surface area (Å²) in [6, 6.07) is -1.73. The number of fused-ring (bicyclic) bond motifs is 1. The maximum absolute atomic E-state index is 12.7. The van der Waals surface area contributed by atoms with Gasteiger partial charge in [-0.05, 0) is 0 Å². The normalized spacial score (nSPS) is 51.2. The largest absolute Gasteiger partial charge is 0.394 e. The lowest BCUT2D eigenvalue weighted by Crippen LogP contribution is -2.70. The van der Waals surface area contributed by atoms with Crippen LogP contribution >= 0.6 is 0 Å². The van der Waals surface area contributed by atoms with E-state index >= 15 is 0 Å². The number of carbonyl (C=O) groups is 2. The van der Waals surface area contributed by atoms with Crippen molar-refractivity contribution in [3.63, 3.8) is 0 Å². The minimum atomic E-state index is -2.35. The number of rotatable bonds is 18. The van der Waals surface area contributed by atoms with E-state index in [1.165, 1.54) is 0 Å². The molecule has 7 rings (SSSR count). The summed E-state index contributed by atoms with van der Waals surface area (Å²) >= 11 is 0. The van der Waals surface area contributed by atoms with Gasteiger partial charge in [-0.3, -0.25) is 14.9 Å². The molecule has 0 saturated carbocycles. The summed E-state index contributed by atoms with van der Waals surface area (Å²) in [5, 5.41) is 190. The Bertz CT molecular complexity index is 1810. The lowest BCUT2D eigenvalue weighted by Gasteiger charge is -2.51. The van der Waals surface area contributed by atoms with Gasteiger partial charge in [-0.25, -0.2) is 0 Å². The summed E-state index contributed by atoms with van der Waals surface area (Å²) in [4.78, 5) is 24.7. The Morgan fingerprint density at radius 2 is 0.849 bits per heavy atom. The van der Waals surface area contributed by atoms with Gasteiger partial charge in [0.05, 0.1) is 39.6 Å². The first-order valence-corrected chi connectivity index (χ1v) is 23.3. The van der Waals surface area contributed by atoms with Crippen molar-refractivity contribution in [2.45, 2.75) is 198 Å². The SMILES string of the molecule is CC(=O)N[C@H]1[C@H](O[C@@H]2[C@@H](CO)O[C@@H]3N[C@@]3(NC(C)=O)[C@H]2O)O[C@H](CO)[C@@H](O[C@@H]2O[C@H](CO[C@H]3O[C@H](CO)[C@@H](O)[C@H](O)[C@@H]3O)[C@@H](O[C@@H]3O[C@H](CO)[C@@H](O)[C@H](O)[C@@H]3O)[C@H](O[C@H]3O[C@H](CO)[C@@H](O)[C@H](O)[C@@H]3O)[C@@H]2O)[C@@H]1O. The molecule has 0 unspecified atom stereocenters. The first kappa shape index (κ1) is 58.5. The average molecular weight is 1070 g/mol. The molecule has 7 aliphatic rings. The zero-order valence-corrected chi connectivity index (χ0v) is 38.9. The van der Waals surface area contributed by atoms with Crippen LogP contribution in [0.4, 0.5) is 0 Å². The fourth-order valence-electron chi connectivity index (χ4n) is 9.62. The first-order chi connectivity index (χ1) is 34.5. The molecule has 0 aliphatic carbocycles. The van der Waals surface area contributed by atoms with Gasteiger partial charge in [-0.2, -0.15) is 0 Å². The standard InChI is InChI=1S/C40H67N3O30/c1-9(49)41-17-21(54)29(14(6-47)67-34(17)72-31-15(7-48)69-39-40(43-39,33(31)62)42-10(2)50)70-38-28(61)32(73-37-27(60)24(57)20(53)13(5-46)66-37)30(71-36-26(59)23(56)19(52)12(4-45)65-36)16(68-38)8-63-35-25(58)22(55)18(51)11(3-44)64-35/h11-39,43-48,51-62H,3-8H2,1-2H3,(H,41,49)(H,42,50)/t11-,12-,13-,14-,15-,16-,17-,18-,19-,20-,21-,22+,23+,24+,25+,26+,27+,28+,29-,30-,31-,32-,33+,34+,35+,36+,37-,38+,39+,40+/m1/s1. The van der Waals surface area contributed by atoms with Crippen LogP contribution in [-0.4, -0.2) is 322 Å². The Balaban J connectivity index is 1.23. The number of amides is 2. The summed E-state index contributed by atoms with van der Waals surface area (Å²) in [6.07, 6.45) is -53.0. The lowest BCUT2D eigenvalue weighted by atomic mass is 9.93. The molecule has 7 heterocycles. The molecular weight excluding hydrogens is 1000 g/mol. The highest BCUT2D eigenvalue weighted by Crippen LogP contribution is 2.41. The molecule has 0 aromatic rings. The quantitative estimate of drug-likeness (QED) is 0.0567. The average Bonchev–Trinajstić information content (AvgIpc) is 4.07. The summed E-state index contributed by atoms with van der Waals surface area (Å²) in [5.74, 6) is -1.41. The van der Waals surface area contributed by atoms with Crippen molar-refractivity contribution < 1.29 is 149 Å². The molecule has 0 spiro atoms. The fraction of sp³-hybridized carbons (Fsp3) is 0.950. The first-order valence-electron chi connectivity index (χ1n) is 23.3. The zero-order valence-electron chi connectivity index (χ0n) is 38.9. The van der Waals surface area contributed by atoms with Gasteiger partial charge < -0.3 is 150 Å². The van der Waals surface area contributed by atoms with Crippen molar-refractivity contribution in [1.29, 1.82) is 0 Å². The van der Waals surface area contributed by atoms with Crippen LogP contribution in [-0.2, 0) is 61.7 Å². The fourth-order valence-corrected chi connectivity index (χ4v) is 9.62. The Morgan fingerprint density at radius 3 is 1.34 bits per heavy atom. The van der Waals surface area contributed by atoms with Crippen LogP contribution in [0.1, 0.15) is 13.8 Å². The van der Waals surface area contributed by atoms with E-state index in [4.69, 9.17) is 52.1 Å². The summed E-state index contributed by atoms with van der Waals surface area (Å²) in [7, 11) is 0. The van der Waals surface area contributed by atoms with Crippen molar-refractivity contribution in [2.75, 3.05) is 39.6 Å². The second-order valence-electron chi connectivity index (χ2n) is 18.7. The maximum atomic E-state index is 12.7. The molecule has 7 aliphatic heterocycles. The summed E-state index contributed by atoms with van der Waals surface area (Å²) in [6.45, 7) is -3.45. The van der Waals surface area contributed by atoms with E-state index in [2.05, 4.69) is 16.0 Å². The van der Waals surface area contributed by atoms with Gasteiger partial charge in [0.2, 0.25) is 11.8 Å². The monoisotopic (exact) mass is 1070 g/mol. The van der Waals surface area contributed by atoms with Crippen LogP contribution in [0.3, 0.4) is 0 Å². The van der Waals surface area contributed by atoms with Gasteiger partial charge in [0.25, 0.3) is 0 Å². The highest BCUT2D eigenvalue weighted by molar-refractivity contribution is 5.74. The van der Waals surface area contributed by atoms with Gasteiger partial charge in [-0.1, -0.05) is 0 Å². The predicted molar refractivity (Wildman–Crippen MR) is 222 cm³/mol. The van der Waals surface area contributed by atoms with E-state index in [1.807, 2.05) is 0 Å². The topological polar surface area (TPSA) is 526 Å². The molecule has 73 heavy (non-hydrogen) atoms. The van der Waals surface area contributed by atoms with Gasteiger partial charge in [-0.15, -0.1) is 0 Å². The number of hydrogen-bond acceptors (Lipinski definition) is 31. The van der Waals surface area contributed by atoms with E-state index in [0.717, 1.165) is 13.8 Å². The number of aliphatic hydroxyl groups is 17. The third-order valence-electron chi connectivity index (χ3n) is 13.7. The Hall–Kier alpha value is -2.22. The van der Waals surface area contributed by atoms with E-state index < -0.39 is 235 Å². The number of ether oxygens (including phenoxy) is 11. The van der Waals surface area contributed by atoms with Crippen LogP contribution in [0.5, 0.6) is 0 Å². The van der Waals surface area contributed by atoms with E-state index in [0.29, 0.717) is 0 Å². The summed E-state index contributed by atoms with van der Waals surface area (Å²) in [5.41, 5.74) is -1.60. The van der Waals surface area contributed by atoms with E-state index in [9.17, 15) is 96.4 Å². The molecule has 0 radical (unpaired) electrons. The van der Waals surface area contributed by atoms with Gasteiger partial charge in [0.1, 0.15) is 147 Å². The van der Waals surface area contributed by atoms with Gasteiger partial charge in [0, 0.05) is 13.8 Å². The van der Waals surface area contributed by atoms with Crippen molar-refractivity contribution >= 4 is 11.8 Å². The molecule has 30 atom stereocenters. The predicted octanol–water partition coefficient (Wildman–Crippen LogP) is -13.9. The molecule has 422 valence electrons. The van der Waals surface area contributed by atoms with Crippen LogP contribution in [0, 0.1) is 0 Å². The highest BCUT2D eigenvalue weighted by Gasteiger charge is 2.69. The third-order valence-corrected chi connectivity index (χ3v) is 13.7. The van der Waals surface area contributed by atoms with Crippen molar-refractivity contribution in [3.8, 4) is 0 Å². The molecule has 7 saturated heterocycles. The molecule has 0 aromatic heterocycles. The zero-order chi connectivity index (χ0) is 53.5. The molecule has 0 bridgehead atoms. The Kier molecular flexibility index (Phi) is 19.4. The molecule has 0 aromatic carbocycles. The second-order valence-corrected chi connectivity index (χ2v) is 18.7. The Morgan fingerprint density at radius 1 is 0.438 bits per heavy atom. The lowest BCUT2D eigenvalue weighted by molar-refractivity contribution is -0.402. The smallest absolute Gasteiger partial charge is 0.218 e. The van der Waals surface area contributed by atoms with E-state index in [1.54, 1.807) is 0 Å². The number of aliphatic hydroxyl groups excluding tert-OH is 17. The molecule has 20 N–H and O–H groups in total. The van der Waals surface area contributed by atoms with Crippen molar-refractivity contribution in [3.05, 3.63) is 0 Å². The van der Waals surface area contributed by atoms with Crippen molar-refractivity contribution in [2.24, 2.45) is 0 Å². The number of hydrogen-bond donors (Lipinski definition) is 20. The van der Waals surface area contributed by atoms with Crippen LogP contribution in [0.2, 0.25) is 0 Å². The molecule has 7 fully saturated rings. The number of carbonyl (C=O) groups excluding carboxylic acids is 2. The number of nitrogens with one attached hydrogen (secondary N) is 3. The van der Waals surface area contributed by atoms with Crippen molar-refractivity contribution in [1.82, 2.24) is 16.0 Å². The molecule has 2 amide bonds. The molecule has 33 nitrogen and oxygen atoms in total. The highest BCUT2D eigenvalue weighted by atomic mass is 16.8. The maximum Gasteiger partial charge on any atom is 0.218 e. The molecule has 33 heteroatoms. The minimum absolute atomic E-state index is 0.595. The van der Waals surface area contributed by atoms with Crippen LogP contribution in [0.25, 0.3) is 0 Å². The Labute approximate surface area is 413 Å². The summed E-state index contributed by atoms with van der Waals surface area (Å²) < 4.78 is 64.4. The molecular formula is C40H67N3O30.